The molecule has 0 aliphatic heterocycles. The molecule has 11 heteroatoms. The van der Waals surface area contributed by atoms with Crippen molar-refractivity contribution in [3.8, 4) is 0 Å². The second kappa shape index (κ2) is 8.00. The maximum atomic E-state index is 5.31. The van der Waals surface area contributed by atoms with Crippen molar-refractivity contribution in [2.24, 2.45) is 16.5 Å². The SMILES string of the molecule is CNc1nsnc1NCCSCc1csc(N=C(N)N)n1. The third kappa shape index (κ3) is 5.02. The summed E-state index contributed by atoms with van der Waals surface area (Å²) in [5.41, 5.74) is 11.6. The third-order valence-corrected chi connectivity index (χ3v) is 4.58. The Morgan fingerprint density at radius 2 is 2.19 bits per heavy atom. The number of anilines is 2. The monoisotopic (exact) mass is 344 g/mol. The molecular weight excluding hydrogens is 328 g/mol. The van der Waals surface area contributed by atoms with Gasteiger partial charge in [0.2, 0.25) is 5.13 Å². The van der Waals surface area contributed by atoms with Gasteiger partial charge in [0.25, 0.3) is 0 Å². The molecule has 114 valence electrons. The number of nitrogens with two attached hydrogens (primary N) is 2. The van der Waals surface area contributed by atoms with Gasteiger partial charge in [0.1, 0.15) is 0 Å². The molecule has 8 nitrogen and oxygen atoms in total. The van der Waals surface area contributed by atoms with Crippen molar-refractivity contribution in [1.29, 1.82) is 0 Å². The molecule has 21 heavy (non-hydrogen) atoms. The lowest BCUT2D eigenvalue weighted by atomic mass is 10.6. The first-order chi connectivity index (χ1) is 10.2. The van der Waals surface area contributed by atoms with Crippen molar-refractivity contribution in [2.75, 3.05) is 30.0 Å². The van der Waals surface area contributed by atoms with E-state index in [0.29, 0.717) is 5.13 Å². The molecule has 0 bridgehead atoms. The summed E-state index contributed by atoms with van der Waals surface area (Å²) < 4.78 is 8.29. The molecule has 0 atom stereocenters. The zero-order valence-electron chi connectivity index (χ0n) is 11.4. The maximum Gasteiger partial charge on any atom is 0.212 e. The van der Waals surface area contributed by atoms with E-state index in [0.717, 1.165) is 35.4 Å². The Bertz CT molecular complexity index is 589. The van der Waals surface area contributed by atoms with Crippen LogP contribution in [0, 0.1) is 0 Å². The predicted octanol–water partition coefficient (Wildman–Crippen LogP) is 1.29. The summed E-state index contributed by atoms with van der Waals surface area (Å²) in [5, 5.41) is 8.79. The van der Waals surface area contributed by atoms with Crippen LogP contribution in [-0.2, 0) is 5.75 Å². The summed E-state index contributed by atoms with van der Waals surface area (Å²) in [6.07, 6.45) is 0. The van der Waals surface area contributed by atoms with Crippen LogP contribution in [0.2, 0.25) is 0 Å². The Morgan fingerprint density at radius 3 is 2.95 bits per heavy atom. The lowest BCUT2D eigenvalue weighted by Gasteiger charge is -2.03. The Kier molecular flexibility index (Phi) is 6.02. The van der Waals surface area contributed by atoms with E-state index >= 15 is 0 Å². The van der Waals surface area contributed by atoms with Gasteiger partial charge in [-0.3, -0.25) is 0 Å². The van der Waals surface area contributed by atoms with Crippen molar-refractivity contribution >= 4 is 57.6 Å². The highest BCUT2D eigenvalue weighted by Crippen LogP contribution is 2.22. The predicted molar refractivity (Wildman–Crippen MR) is 91.7 cm³/mol. The fourth-order valence-electron chi connectivity index (χ4n) is 1.41. The molecule has 2 aromatic rings. The average molecular weight is 344 g/mol. The lowest BCUT2D eigenvalue weighted by Crippen LogP contribution is -2.21. The zero-order valence-corrected chi connectivity index (χ0v) is 13.8. The number of rotatable bonds is 8. The standard InChI is InChI=1S/C10H16N8S3/c1-13-7-8(18-21-17-7)14-2-3-19-4-6-5-20-10(15-6)16-9(11)12/h5H,2-4H2,1H3,(H,13,17)(H,14,18)(H4,11,12,15,16). The highest BCUT2D eigenvalue weighted by atomic mass is 32.2. The fourth-order valence-corrected chi connectivity index (χ4v) is 3.50. The first-order valence-corrected chi connectivity index (χ1v) is 8.81. The van der Waals surface area contributed by atoms with Crippen molar-refractivity contribution in [3.63, 3.8) is 0 Å². The Balaban J connectivity index is 1.68. The molecular formula is C10H16N8S3. The molecule has 0 saturated carbocycles. The number of hydrogen-bond donors (Lipinski definition) is 4. The van der Waals surface area contributed by atoms with Crippen LogP contribution in [-0.4, -0.2) is 39.0 Å². The van der Waals surface area contributed by atoms with Gasteiger partial charge in [-0.25, -0.2) is 4.98 Å². The number of guanidine groups is 1. The number of nitrogens with zero attached hydrogens (tertiary/aromatic N) is 4. The van der Waals surface area contributed by atoms with Gasteiger partial charge < -0.3 is 22.1 Å². The van der Waals surface area contributed by atoms with Crippen molar-refractivity contribution in [3.05, 3.63) is 11.1 Å². The summed E-state index contributed by atoms with van der Waals surface area (Å²) in [6.45, 7) is 0.815. The van der Waals surface area contributed by atoms with E-state index in [1.165, 1.54) is 23.1 Å². The maximum absolute atomic E-state index is 5.31. The van der Waals surface area contributed by atoms with Gasteiger partial charge in [-0.15, -0.1) is 11.3 Å². The molecule has 0 amide bonds. The van der Waals surface area contributed by atoms with E-state index in [4.69, 9.17) is 11.5 Å². The minimum atomic E-state index is 0.0324. The van der Waals surface area contributed by atoms with Crippen molar-refractivity contribution in [2.45, 2.75) is 5.75 Å². The minimum absolute atomic E-state index is 0.0324. The summed E-state index contributed by atoms with van der Waals surface area (Å²) in [6, 6.07) is 0. The molecule has 0 radical (unpaired) electrons. The van der Waals surface area contributed by atoms with Gasteiger partial charge in [0, 0.05) is 30.5 Å². The summed E-state index contributed by atoms with van der Waals surface area (Å²) in [4.78, 5) is 8.24. The van der Waals surface area contributed by atoms with E-state index in [1.807, 2.05) is 12.4 Å². The number of thiazole rings is 1. The zero-order chi connectivity index (χ0) is 15.1. The molecule has 2 aromatic heterocycles. The number of aromatic nitrogens is 3. The first-order valence-electron chi connectivity index (χ1n) is 6.05. The van der Waals surface area contributed by atoms with Crippen LogP contribution in [0.25, 0.3) is 0 Å². The van der Waals surface area contributed by atoms with Gasteiger partial charge in [0.15, 0.2) is 17.6 Å². The van der Waals surface area contributed by atoms with Gasteiger partial charge in [-0.1, -0.05) is 0 Å². The molecule has 0 aromatic carbocycles. The van der Waals surface area contributed by atoms with E-state index < -0.39 is 0 Å². The first kappa shape index (κ1) is 15.8. The topological polar surface area (TPSA) is 127 Å². The molecule has 0 unspecified atom stereocenters. The molecule has 0 aliphatic carbocycles. The number of aliphatic imine (C=N–C) groups is 1. The van der Waals surface area contributed by atoms with Crippen molar-refractivity contribution < 1.29 is 0 Å². The Morgan fingerprint density at radius 1 is 1.38 bits per heavy atom. The molecule has 0 spiro atoms. The van der Waals surface area contributed by atoms with Crippen LogP contribution in [0.5, 0.6) is 0 Å². The largest absolute Gasteiger partial charge is 0.370 e. The molecule has 0 fully saturated rings. The smallest absolute Gasteiger partial charge is 0.212 e. The fraction of sp³-hybridized carbons (Fsp3) is 0.400. The minimum Gasteiger partial charge on any atom is -0.370 e. The summed E-state index contributed by atoms with van der Waals surface area (Å²) in [5.74, 6) is 3.38. The summed E-state index contributed by atoms with van der Waals surface area (Å²) >= 11 is 4.40. The van der Waals surface area contributed by atoms with Crippen LogP contribution >= 0.6 is 34.8 Å². The van der Waals surface area contributed by atoms with Crippen LogP contribution in [0.3, 0.4) is 0 Å². The molecule has 0 aliphatic rings. The number of thioether (sulfide) groups is 1. The second-order valence-corrected chi connectivity index (χ2v) is 6.32. The molecule has 2 rings (SSSR count). The van der Waals surface area contributed by atoms with E-state index in [1.54, 1.807) is 11.8 Å². The number of nitrogens with one attached hydrogen (secondary N) is 2. The van der Waals surface area contributed by atoms with E-state index in [-0.39, 0.29) is 5.96 Å². The Hall–Kier alpha value is -1.59. The second-order valence-electron chi connectivity index (χ2n) is 3.85. The van der Waals surface area contributed by atoms with Crippen LogP contribution in [0.1, 0.15) is 5.69 Å². The van der Waals surface area contributed by atoms with E-state index in [9.17, 15) is 0 Å². The van der Waals surface area contributed by atoms with Crippen LogP contribution in [0.4, 0.5) is 16.8 Å². The average Bonchev–Trinajstić information content (AvgIpc) is 3.07. The quantitative estimate of drug-likeness (QED) is 0.320. The van der Waals surface area contributed by atoms with Gasteiger partial charge in [0.05, 0.1) is 17.4 Å². The van der Waals surface area contributed by atoms with Gasteiger partial charge in [-0.05, 0) is 0 Å². The van der Waals surface area contributed by atoms with Crippen LogP contribution < -0.4 is 22.1 Å². The molecule has 2 heterocycles. The summed E-state index contributed by atoms with van der Waals surface area (Å²) in [7, 11) is 1.83. The van der Waals surface area contributed by atoms with Gasteiger partial charge in [-0.2, -0.15) is 25.5 Å². The highest BCUT2D eigenvalue weighted by molar-refractivity contribution is 7.98. The lowest BCUT2D eigenvalue weighted by molar-refractivity contribution is 1.18. The third-order valence-electron chi connectivity index (χ3n) is 2.28. The normalized spacial score (nSPS) is 10.3. The van der Waals surface area contributed by atoms with Gasteiger partial charge >= 0.3 is 0 Å². The number of hydrogen-bond acceptors (Lipinski definition) is 9. The Labute approximate surface area is 134 Å². The van der Waals surface area contributed by atoms with Crippen molar-refractivity contribution in [1.82, 2.24) is 13.7 Å². The highest BCUT2D eigenvalue weighted by Gasteiger charge is 2.05. The molecule has 6 N–H and O–H groups in total. The van der Waals surface area contributed by atoms with E-state index in [2.05, 4.69) is 29.4 Å². The molecule has 0 saturated heterocycles. The van der Waals surface area contributed by atoms with Crippen LogP contribution in [0.15, 0.2) is 10.4 Å².